The molecule has 0 radical (unpaired) electrons. The van der Waals surface area contributed by atoms with Crippen LogP contribution in [-0.2, 0) is 5.41 Å². The topological polar surface area (TPSA) is 46.2 Å². The Hall–Kier alpha value is -0.380. The summed E-state index contributed by atoms with van der Waals surface area (Å²) in [6.07, 6.45) is 3.54. The van der Waals surface area contributed by atoms with Crippen molar-refractivity contribution in [1.82, 2.24) is 0 Å². The Balaban J connectivity index is 2.32. The first-order valence-corrected chi connectivity index (χ1v) is 6.60. The molecule has 3 N–H and O–H groups in total. The van der Waals surface area contributed by atoms with Gasteiger partial charge in [0.05, 0.1) is 6.10 Å². The lowest BCUT2D eigenvalue weighted by atomic mass is 9.69. The molecule has 1 aliphatic rings. The Morgan fingerprint density at radius 3 is 2.50 bits per heavy atom. The van der Waals surface area contributed by atoms with E-state index in [1.807, 2.05) is 6.07 Å². The number of aliphatic hydroxyl groups excluding tert-OH is 1. The first kappa shape index (κ1) is 12.1. The summed E-state index contributed by atoms with van der Waals surface area (Å²) in [4.78, 5) is 0. The van der Waals surface area contributed by atoms with Crippen LogP contribution >= 0.6 is 15.9 Å². The summed E-state index contributed by atoms with van der Waals surface area (Å²) >= 11 is 3.60. The maximum Gasteiger partial charge on any atom is 0.0541 e. The average Bonchev–Trinajstić information content (AvgIpc) is 2.32. The monoisotopic (exact) mass is 283 g/mol. The zero-order chi connectivity index (χ0) is 11.6. The fraction of sp³-hybridized carbons (Fsp3) is 0.538. The Labute approximate surface area is 105 Å². The molecule has 1 aliphatic carbocycles. The highest BCUT2D eigenvalue weighted by Crippen LogP contribution is 2.41. The van der Waals surface area contributed by atoms with E-state index in [-0.39, 0.29) is 11.5 Å². The van der Waals surface area contributed by atoms with E-state index in [2.05, 4.69) is 34.1 Å². The van der Waals surface area contributed by atoms with E-state index in [4.69, 9.17) is 5.73 Å². The van der Waals surface area contributed by atoms with Gasteiger partial charge in [-0.05, 0) is 37.3 Å². The van der Waals surface area contributed by atoms with Crippen LogP contribution in [0.25, 0.3) is 0 Å². The average molecular weight is 284 g/mol. The predicted octanol–water partition coefficient (Wildman–Crippen LogP) is 2.58. The molecule has 16 heavy (non-hydrogen) atoms. The standard InChI is InChI=1S/C13H18BrNO/c14-12-4-2-1-3-11(12)13(9-15)7-5-10(16)6-8-13/h1-4,10,16H,5-9,15H2. The van der Waals surface area contributed by atoms with Crippen molar-refractivity contribution < 1.29 is 5.11 Å². The van der Waals surface area contributed by atoms with Crippen LogP contribution in [0, 0.1) is 0 Å². The molecule has 0 spiro atoms. The fourth-order valence-corrected chi connectivity index (χ4v) is 3.34. The van der Waals surface area contributed by atoms with Crippen LogP contribution < -0.4 is 5.73 Å². The molecule has 0 heterocycles. The lowest BCUT2D eigenvalue weighted by Crippen LogP contribution is -2.40. The molecule has 0 saturated heterocycles. The van der Waals surface area contributed by atoms with Crippen molar-refractivity contribution in [1.29, 1.82) is 0 Å². The largest absolute Gasteiger partial charge is 0.393 e. The lowest BCUT2D eigenvalue weighted by Gasteiger charge is -2.39. The molecule has 0 aliphatic heterocycles. The molecule has 1 fully saturated rings. The van der Waals surface area contributed by atoms with Crippen LogP contribution in [0.3, 0.4) is 0 Å². The highest BCUT2D eigenvalue weighted by atomic mass is 79.9. The van der Waals surface area contributed by atoms with Crippen LogP contribution in [0.15, 0.2) is 28.7 Å². The van der Waals surface area contributed by atoms with Gasteiger partial charge in [-0.15, -0.1) is 0 Å². The number of hydrogen-bond acceptors (Lipinski definition) is 2. The molecule has 1 aromatic rings. The number of aliphatic hydroxyl groups is 1. The summed E-state index contributed by atoms with van der Waals surface area (Å²) in [6.45, 7) is 0.655. The first-order chi connectivity index (χ1) is 7.68. The van der Waals surface area contributed by atoms with Crippen molar-refractivity contribution in [3.05, 3.63) is 34.3 Å². The van der Waals surface area contributed by atoms with E-state index < -0.39 is 0 Å². The van der Waals surface area contributed by atoms with Gasteiger partial charge in [0.15, 0.2) is 0 Å². The Morgan fingerprint density at radius 1 is 1.31 bits per heavy atom. The molecular weight excluding hydrogens is 266 g/mol. The maximum atomic E-state index is 9.60. The minimum Gasteiger partial charge on any atom is -0.393 e. The molecular formula is C13H18BrNO. The van der Waals surface area contributed by atoms with Crippen LogP contribution in [0.1, 0.15) is 31.2 Å². The molecule has 0 aromatic heterocycles. The summed E-state index contributed by atoms with van der Waals surface area (Å²) in [5.41, 5.74) is 7.33. The summed E-state index contributed by atoms with van der Waals surface area (Å²) in [5, 5.41) is 9.60. The van der Waals surface area contributed by atoms with Gasteiger partial charge in [0.25, 0.3) is 0 Å². The van der Waals surface area contributed by atoms with Crippen molar-refractivity contribution in [3.63, 3.8) is 0 Å². The van der Waals surface area contributed by atoms with E-state index >= 15 is 0 Å². The van der Waals surface area contributed by atoms with E-state index in [0.29, 0.717) is 6.54 Å². The second-order valence-electron chi connectivity index (χ2n) is 4.70. The summed E-state index contributed by atoms with van der Waals surface area (Å²) in [5.74, 6) is 0. The predicted molar refractivity (Wildman–Crippen MR) is 69.3 cm³/mol. The molecule has 0 unspecified atom stereocenters. The number of rotatable bonds is 2. The van der Waals surface area contributed by atoms with Crippen molar-refractivity contribution in [2.45, 2.75) is 37.2 Å². The maximum absolute atomic E-state index is 9.60. The third-order valence-electron chi connectivity index (χ3n) is 3.75. The SMILES string of the molecule is NCC1(c2ccccc2Br)CCC(O)CC1. The van der Waals surface area contributed by atoms with Crippen molar-refractivity contribution in [2.75, 3.05) is 6.54 Å². The van der Waals surface area contributed by atoms with E-state index in [0.717, 1.165) is 30.2 Å². The van der Waals surface area contributed by atoms with Crippen molar-refractivity contribution in [2.24, 2.45) is 5.73 Å². The van der Waals surface area contributed by atoms with Gasteiger partial charge in [-0.2, -0.15) is 0 Å². The van der Waals surface area contributed by atoms with Crippen LogP contribution in [0.2, 0.25) is 0 Å². The molecule has 2 nitrogen and oxygen atoms in total. The fourth-order valence-electron chi connectivity index (χ4n) is 2.63. The number of halogens is 1. The second kappa shape index (κ2) is 4.86. The van der Waals surface area contributed by atoms with E-state index in [1.54, 1.807) is 0 Å². The molecule has 1 saturated carbocycles. The van der Waals surface area contributed by atoms with Gasteiger partial charge in [-0.1, -0.05) is 34.1 Å². The van der Waals surface area contributed by atoms with Gasteiger partial charge in [-0.3, -0.25) is 0 Å². The molecule has 0 amide bonds. The normalized spacial score (nSPS) is 30.3. The summed E-state index contributed by atoms with van der Waals surface area (Å²) < 4.78 is 1.14. The molecule has 2 rings (SSSR count). The first-order valence-electron chi connectivity index (χ1n) is 5.81. The zero-order valence-corrected chi connectivity index (χ0v) is 10.9. The van der Waals surface area contributed by atoms with Gasteiger partial charge in [0.1, 0.15) is 0 Å². The summed E-state index contributed by atoms with van der Waals surface area (Å²) in [6, 6.07) is 8.30. The van der Waals surface area contributed by atoms with Gasteiger partial charge < -0.3 is 10.8 Å². The number of hydrogen-bond donors (Lipinski definition) is 2. The van der Waals surface area contributed by atoms with E-state index in [1.165, 1.54) is 5.56 Å². The van der Waals surface area contributed by atoms with Gasteiger partial charge >= 0.3 is 0 Å². The second-order valence-corrected chi connectivity index (χ2v) is 5.55. The third-order valence-corrected chi connectivity index (χ3v) is 4.44. The Bertz CT molecular complexity index is 359. The number of benzene rings is 1. The molecule has 88 valence electrons. The van der Waals surface area contributed by atoms with Gasteiger partial charge in [0.2, 0.25) is 0 Å². The van der Waals surface area contributed by atoms with Crippen molar-refractivity contribution >= 4 is 15.9 Å². The minimum absolute atomic E-state index is 0.0549. The Morgan fingerprint density at radius 2 is 1.94 bits per heavy atom. The minimum atomic E-state index is -0.137. The molecule has 3 heteroatoms. The third kappa shape index (κ3) is 2.17. The molecule has 0 bridgehead atoms. The molecule has 0 atom stereocenters. The quantitative estimate of drug-likeness (QED) is 0.876. The highest BCUT2D eigenvalue weighted by Gasteiger charge is 2.36. The smallest absolute Gasteiger partial charge is 0.0541 e. The number of nitrogens with two attached hydrogens (primary N) is 1. The highest BCUT2D eigenvalue weighted by molar-refractivity contribution is 9.10. The Kier molecular flexibility index (Phi) is 3.67. The van der Waals surface area contributed by atoms with Crippen LogP contribution in [0.4, 0.5) is 0 Å². The lowest BCUT2D eigenvalue weighted by molar-refractivity contribution is 0.0972. The summed E-state index contributed by atoms with van der Waals surface area (Å²) in [7, 11) is 0. The van der Waals surface area contributed by atoms with Gasteiger partial charge in [-0.25, -0.2) is 0 Å². The van der Waals surface area contributed by atoms with E-state index in [9.17, 15) is 5.11 Å². The zero-order valence-electron chi connectivity index (χ0n) is 9.32. The molecule has 1 aromatic carbocycles. The van der Waals surface area contributed by atoms with Crippen LogP contribution in [-0.4, -0.2) is 17.8 Å². The van der Waals surface area contributed by atoms with Crippen molar-refractivity contribution in [3.8, 4) is 0 Å². The van der Waals surface area contributed by atoms with Gasteiger partial charge in [0, 0.05) is 16.4 Å². The van der Waals surface area contributed by atoms with Crippen LogP contribution in [0.5, 0.6) is 0 Å².